The van der Waals surface area contributed by atoms with Crippen LogP contribution in [0, 0.1) is 11.3 Å². The number of amides is 2. The first-order valence-corrected chi connectivity index (χ1v) is 8.13. The lowest BCUT2D eigenvalue weighted by Gasteiger charge is -2.41. The van der Waals surface area contributed by atoms with Crippen LogP contribution in [0.3, 0.4) is 0 Å². The zero-order chi connectivity index (χ0) is 16.0. The molecule has 0 radical (unpaired) electrons. The van der Waals surface area contributed by atoms with E-state index in [0.717, 1.165) is 19.4 Å². The van der Waals surface area contributed by atoms with Crippen LogP contribution >= 0.6 is 0 Å². The van der Waals surface area contributed by atoms with Crippen LogP contribution in [0.25, 0.3) is 0 Å². The molecule has 0 bridgehead atoms. The van der Waals surface area contributed by atoms with E-state index in [2.05, 4.69) is 13.8 Å². The van der Waals surface area contributed by atoms with Crippen molar-refractivity contribution in [2.24, 2.45) is 11.3 Å². The highest BCUT2D eigenvalue weighted by molar-refractivity contribution is 5.79. The third-order valence-corrected chi connectivity index (χ3v) is 4.27. The smallest absolute Gasteiger partial charge is 0.320 e. The second kappa shape index (κ2) is 7.66. The second-order valence-electron chi connectivity index (χ2n) is 6.58. The van der Waals surface area contributed by atoms with Crippen molar-refractivity contribution in [1.29, 1.82) is 0 Å². The first-order chi connectivity index (χ1) is 9.86. The number of likely N-dealkylation sites (tertiary alicyclic amines) is 1. The number of nitrogens with zero attached hydrogens (tertiary/aromatic N) is 2. The van der Waals surface area contributed by atoms with E-state index in [-0.39, 0.29) is 6.03 Å². The van der Waals surface area contributed by atoms with Crippen molar-refractivity contribution in [3.8, 4) is 0 Å². The molecule has 0 aromatic rings. The number of urea groups is 1. The molecular formula is C16H30N2O3. The molecule has 5 heteroatoms. The predicted molar refractivity (Wildman–Crippen MR) is 83.3 cm³/mol. The molecule has 1 N–H and O–H groups in total. The molecule has 1 heterocycles. The number of carbonyl (C=O) groups is 2. The summed E-state index contributed by atoms with van der Waals surface area (Å²) in [5.74, 6) is -0.340. The Balaban J connectivity index is 2.82. The SMILES string of the molecule is CCCC1(C(=O)O)CCCN(C(=O)N(CC)CC(C)C)C1. The van der Waals surface area contributed by atoms with Gasteiger partial charge in [0.2, 0.25) is 0 Å². The molecule has 0 aromatic heterocycles. The van der Waals surface area contributed by atoms with Gasteiger partial charge in [-0.3, -0.25) is 4.79 Å². The Morgan fingerprint density at radius 2 is 2.00 bits per heavy atom. The molecule has 1 aliphatic heterocycles. The highest BCUT2D eigenvalue weighted by atomic mass is 16.4. The predicted octanol–water partition coefficient (Wildman–Crippen LogP) is 3.05. The summed E-state index contributed by atoms with van der Waals surface area (Å²) in [6, 6.07) is -0.00683. The van der Waals surface area contributed by atoms with Crippen molar-refractivity contribution in [2.45, 2.75) is 53.4 Å². The summed E-state index contributed by atoms with van der Waals surface area (Å²) in [7, 11) is 0. The van der Waals surface area contributed by atoms with Crippen LogP contribution in [0.1, 0.15) is 53.4 Å². The Morgan fingerprint density at radius 1 is 1.33 bits per heavy atom. The molecule has 0 aromatic carbocycles. The minimum Gasteiger partial charge on any atom is -0.481 e. The molecule has 0 saturated carbocycles. The standard InChI is InChI=1S/C16H30N2O3/c1-5-8-16(14(19)20)9-7-10-18(12-16)15(21)17(6-2)11-13(3)4/h13H,5-12H2,1-4H3,(H,19,20). The highest BCUT2D eigenvalue weighted by Gasteiger charge is 2.43. The monoisotopic (exact) mass is 298 g/mol. The molecule has 2 amide bonds. The van der Waals surface area contributed by atoms with Crippen molar-refractivity contribution < 1.29 is 14.7 Å². The molecule has 5 nitrogen and oxygen atoms in total. The first kappa shape index (κ1) is 17.8. The lowest BCUT2D eigenvalue weighted by molar-refractivity contribution is -0.152. The van der Waals surface area contributed by atoms with E-state index >= 15 is 0 Å². The van der Waals surface area contributed by atoms with E-state index < -0.39 is 11.4 Å². The largest absolute Gasteiger partial charge is 0.481 e. The Labute approximate surface area is 128 Å². The number of carboxylic acids is 1. The molecule has 1 rings (SSSR count). The van der Waals surface area contributed by atoms with Crippen LogP contribution in [-0.4, -0.2) is 53.1 Å². The molecule has 21 heavy (non-hydrogen) atoms. The van der Waals surface area contributed by atoms with Gasteiger partial charge in [-0.05, 0) is 32.1 Å². The topological polar surface area (TPSA) is 60.9 Å². The van der Waals surface area contributed by atoms with Crippen molar-refractivity contribution in [3.63, 3.8) is 0 Å². The molecule has 1 aliphatic rings. The van der Waals surface area contributed by atoms with Crippen molar-refractivity contribution in [1.82, 2.24) is 9.80 Å². The number of hydrogen-bond acceptors (Lipinski definition) is 2. The fraction of sp³-hybridized carbons (Fsp3) is 0.875. The first-order valence-electron chi connectivity index (χ1n) is 8.13. The Morgan fingerprint density at radius 3 is 2.48 bits per heavy atom. The molecule has 0 spiro atoms. The van der Waals surface area contributed by atoms with Gasteiger partial charge in [-0.15, -0.1) is 0 Å². The summed E-state index contributed by atoms with van der Waals surface area (Å²) in [4.78, 5) is 27.9. The van der Waals surface area contributed by atoms with E-state index in [0.29, 0.717) is 38.4 Å². The van der Waals surface area contributed by atoms with Gasteiger partial charge in [0.05, 0.1) is 5.41 Å². The molecule has 1 fully saturated rings. The van der Waals surface area contributed by atoms with Crippen molar-refractivity contribution in [3.05, 3.63) is 0 Å². The van der Waals surface area contributed by atoms with E-state index in [1.54, 1.807) is 4.90 Å². The summed E-state index contributed by atoms with van der Waals surface area (Å²) in [6.45, 7) is 10.6. The number of piperidine rings is 1. The summed E-state index contributed by atoms with van der Waals surface area (Å²) < 4.78 is 0. The number of carboxylic acid groups (broad SMARTS) is 1. The quantitative estimate of drug-likeness (QED) is 0.820. The van der Waals surface area contributed by atoms with Crippen molar-refractivity contribution in [2.75, 3.05) is 26.2 Å². The zero-order valence-corrected chi connectivity index (χ0v) is 13.9. The van der Waals surface area contributed by atoms with Crippen LogP contribution in [0.5, 0.6) is 0 Å². The van der Waals surface area contributed by atoms with Gasteiger partial charge >= 0.3 is 12.0 Å². The Hall–Kier alpha value is -1.26. The summed E-state index contributed by atoms with van der Waals surface area (Å²) in [5.41, 5.74) is -0.750. The molecule has 0 aliphatic carbocycles. The average Bonchev–Trinajstić information content (AvgIpc) is 2.44. The number of hydrogen-bond donors (Lipinski definition) is 1. The fourth-order valence-electron chi connectivity index (χ4n) is 3.24. The van der Waals surface area contributed by atoms with Gasteiger partial charge in [0.25, 0.3) is 0 Å². The molecule has 1 atom stereocenters. The maximum absolute atomic E-state index is 12.6. The van der Waals surface area contributed by atoms with E-state index in [9.17, 15) is 14.7 Å². The van der Waals surface area contributed by atoms with Gasteiger partial charge in [-0.2, -0.15) is 0 Å². The number of carbonyl (C=O) groups excluding carboxylic acids is 1. The maximum atomic E-state index is 12.6. The van der Waals surface area contributed by atoms with Gasteiger partial charge in [0.15, 0.2) is 0 Å². The fourth-order valence-corrected chi connectivity index (χ4v) is 3.24. The summed E-state index contributed by atoms with van der Waals surface area (Å²) in [5, 5.41) is 9.61. The minimum absolute atomic E-state index is 0.00683. The van der Waals surface area contributed by atoms with E-state index in [4.69, 9.17) is 0 Å². The third kappa shape index (κ3) is 4.35. The lowest BCUT2D eigenvalue weighted by Crippen LogP contribution is -2.54. The Bertz CT molecular complexity index is 367. The minimum atomic E-state index is -0.756. The van der Waals surface area contributed by atoms with Crippen LogP contribution in [0.4, 0.5) is 4.79 Å². The van der Waals surface area contributed by atoms with Crippen molar-refractivity contribution >= 4 is 12.0 Å². The van der Waals surface area contributed by atoms with Crippen LogP contribution < -0.4 is 0 Å². The zero-order valence-electron chi connectivity index (χ0n) is 13.9. The highest BCUT2D eigenvalue weighted by Crippen LogP contribution is 2.35. The second-order valence-corrected chi connectivity index (χ2v) is 6.58. The van der Waals surface area contributed by atoms with Gasteiger partial charge in [-0.1, -0.05) is 27.2 Å². The average molecular weight is 298 g/mol. The third-order valence-electron chi connectivity index (χ3n) is 4.27. The van der Waals surface area contributed by atoms with Crippen LogP contribution in [0.2, 0.25) is 0 Å². The summed E-state index contributed by atoms with van der Waals surface area (Å²) in [6.07, 6.45) is 2.92. The van der Waals surface area contributed by atoms with Gasteiger partial charge in [0.1, 0.15) is 0 Å². The van der Waals surface area contributed by atoms with Crippen LogP contribution in [0.15, 0.2) is 0 Å². The molecular weight excluding hydrogens is 268 g/mol. The van der Waals surface area contributed by atoms with Gasteiger partial charge in [-0.25, -0.2) is 4.79 Å². The van der Waals surface area contributed by atoms with Gasteiger partial charge < -0.3 is 14.9 Å². The maximum Gasteiger partial charge on any atom is 0.320 e. The van der Waals surface area contributed by atoms with Gasteiger partial charge in [0, 0.05) is 26.2 Å². The summed E-state index contributed by atoms with van der Waals surface area (Å²) >= 11 is 0. The normalized spacial score (nSPS) is 22.4. The Kier molecular flexibility index (Phi) is 6.49. The number of aliphatic carboxylic acids is 1. The molecule has 122 valence electrons. The molecule has 1 unspecified atom stereocenters. The van der Waals surface area contributed by atoms with Crippen LogP contribution in [-0.2, 0) is 4.79 Å². The molecule has 1 saturated heterocycles. The van der Waals surface area contributed by atoms with E-state index in [1.165, 1.54) is 0 Å². The number of rotatable bonds is 6. The van der Waals surface area contributed by atoms with E-state index in [1.807, 2.05) is 18.7 Å². The lowest BCUT2D eigenvalue weighted by atomic mass is 9.76.